The Hall–Kier alpha value is -1.34. The summed E-state index contributed by atoms with van der Waals surface area (Å²) in [5.74, 6) is 0. The van der Waals surface area contributed by atoms with E-state index in [0.717, 1.165) is 14.8 Å². The number of rotatable bonds is 4. The van der Waals surface area contributed by atoms with Gasteiger partial charge in [-0.15, -0.1) is 0 Å². The zero-order valence-corrected chi connectivity index (χ0v) is 41.7. The van der Waals surface area contributed by atoms with Gasteiger partial charge in [0.2, 0.25) is 14.8 Å². The lowest BCUT2D eigenvalue weighted by atomic mass is 10.1. The maximum atomic E-state index is 4.97. The van der Waals surface area contributed by atoms with Crippen molar-refractivity contribution in [2.24, 2.45) is 0 Å². The molecule has 0 aliphatic heterocycles. The minimum atomic E-state index is 0. The zero-order chi connectivity index (χ0) is 36.9. The third-order valence-corrected chi connectivity index (χ3v) is 14.8. The predicted molar refractivity (Wildman–Crippen MR) is 238 cm³/mol. The average molecular weight is 1190 g/mol. The van der Waals surface area contributed by atoms with Gasteiger partial charge >= 0.3 is 0 Å². The second-order valence-electron chi connectivity index (χ2n) is 13.6. The number of benzene rings is 4. The molecule has 6 rings (SSSR count). The molecule has 4 aromatic carbocycles. The molecule has 0 unspecified atom stereocenters. The molecule has 0 aliphatic carbocycles. The fraction of sp³-hybridized carbons (Fsp3) is 0.300. The van der Waals surface area contributed by atoms with Crippen LogP contribution < -0.4 is 34.2 Å². The number of hydrogen-bond donors (Lipinski definition) is 0. The van der Waals surface area contributed by atoms with Gasteiger partial charge in [0.15, 0.2) is 22.7 Å². The topological polar surface area (TPSA) is 43.4 Å². The number of aromatic nitrogens is 6. The number of aryl methyl sites for hydroxylation is 12. The van der Waals surface area contributed by atoms with E-state index in [1.165, 1.54) is 89.5 Å². The molecule has 0 atom stereocenters. The van der Waals surface area contributed by atoms with E-state index in [-0.39, 0.29) is 24.8 Å². The maximum Gasteiger partial charge on any atom is 0.247 e. The molecular formula is C40H44Cl2I4N6. The molecule has 2 aromatic heterocycles. The van der Waals surface area contributed by atoms with Crippen LogP contribution in [0.25, 0.3) is 22.7 Å². The molecule has 0 fully saturated rings. The largest absolute Gasteiger partial charge is 1.00 e. The summed E-state index contributed by atoms with van der Waals surface area (Å²) in [6.07, 6.45) is 0. The Kier molecular flexibility index (Phi) is 15.7. The normalized spacial score (nSPS) is 10.8. The second kappa shape index (κ2) is 18.1. The lowest BCUT2D eigenvalue weighted by molar-refractivity contribution is -0.674. The SMILES string of the molecule is Cc1cc(C)c(-n2n[n+](-c3c(C)cc(C)cc3C)c(I)c2I)c(C)c1.Cc1cc(C)c(-n2n[n+](-c3c(C)cc(C)cc3C)c(I)c2I)c(C)c1.[Cl-].[Cl-]. The van der Waals surface area contributed by atoms with Crippen molar-refractivity contribution in [3.8, 4) is 22.7 Å². The van der Waals surface area contributed by atoms with Crippen molar-refractivity contribution in [1.82, 2.24) is 19.8 Å². The molecule has 6 aromatic rings. The molecule has 0 aliphatic rings. The predicted octanol–water partition coefficient (Wildman–Crippen LogP) is 4.43. The summed E-state index contributed by atoms with van der Waals surface area (Å²) in [6, 6.07) is 17.8. The van der Waals surface area contributed by atoms with Crippen molar-refractivity contribution < 1.29 is 34.2 Å². The molecule has 0 radical (unpaired) electrons. The Morgan fingerprint density at radius 3 is 0.827 bits per heavy atom. The third kappa shape index (κ3) is 9.03. The molecular weight excluding hydrogens is 1140 g/mol. The van der Waals surface area contributed by atoms with Gasteiger partial charge in [-0.1, -0.05) is 89.5 Å². The molecule has 52 heavy (non-hydrogen) atoms. The first kappa shape index (κ1) is 45.1. The highest BCUT2D eigenvalue weighted by molar-refractivity contribution is 14.1. The van der Waals surface area contributed by atoms with Crippen molar-refractivity contribution in [1.29, 1.82) is 0 Å². The molecule has 0 spiro atoms. The highest BCUT2D eigenvalue weighted by atomic mass is 127. The lowest BCUT2D eigenvalue weighted by Gasteiger charge is -2.07. The smallest absolute Gasteiger partial charge is 0.247 e. The van der Waals surface area contributed by atoms with Crippen molar-refractivity contribution in [3.63, 3.8) is 0 Å². The van der Waals surface area contributed by atoms with Crippen molar-refractivity contribution >= 4 is 90.4 Å². The Bertz CT molecular complexity index is 1900. The standard InChI is InChI=1S/2C20H22I2N3.2ClH/c2*1-11-7-13(3)17(14(4)8-11)24-19(21)20(22)25(23-24)18-15(5)9-12(2)10-16(18)6;;/h2*7-10H,1-6H3;2*1H/q2*+1;;/p-2. The van der Waals surface area contributed by atoms with Gasteiger partial charge in [0.1, 0.15) is 10.4 Å². The van der Waals surface area contributed by atoms with Gasteiger partial charge in [0.25, 0.3) is 0 Å². The van der Waals surface area contributed by atoms with Crippen LogP contribution in [0, 0.1) is 97.9 Å². The molecule has 0 N–H and O–H groups in total. The minimum absolute atomic E-state index is 0. The van der Waals surface area contributed by atoms with E-state index in [0.29, 0.717) is 0 Å². The van der Waals surface area contributed by atoms with Crippen LogP contribution in [0.4, 0.5) is 0 Å². The van der Waals surface area contributed by atoms with Crippen LogP contribution in [-0.4, -0.2) is 19.8 Å². The van der Waals surface area contributed by atoms with Gasteiger partial charge in [-0.2, -0.15) is 0 Å². The summed E-state index contributed by atoms with van der Waals surface area (Å²) in [7, 11) is 0. The van der Waals surface area contributed by atoms with Gasteiger partial charge in [-0.25, -0.2) is 0 Å². The van der Waals surface area contributed by atoms with Crippen molar-refractivity contribution in [3.05, 3.63) is 130 Å². The minimum Gasteiger partial charge on any atom is -1.00 e. The molecule has 12 heteroatoms. The summed E-state index contributed by atoms with van der Waals surface area (Å²) in [4.78, 5) is 0. The Morgan fingerprint density at radius 2 is 0.596 bits per heavy atom. The molecule has 276 valence electrons. The van der Waals surface area contributed by atoms with E-state index in [4.69, 9.17) is 10.4 Å². The first-order chi connectivity index (χ1) is 23.4. The van der Waals surface area contributed by atoms with Crippen molar-refractivity contribution in [2.75, 3.05) is 0 Å². The van der Waals surface area contributed by atoms with Gasteiger partial charge in [0, 0.05) is 90.4 Å². The van der Waals surface area contributed by atoms with Crippen LogP contribution in [0.15, 0.2) is 48.5 Å². The van der Waals surface area contributed by atoms with E-state index in [2.05, 4.69) is 241 Å². The Morgan fingerprint density at radius 1 is 0.385 bits per heavy atom. The Labute approximate surface area is 375 Å². The molecule has 0 amide bonds. The number of nitrogens with zero attached hydrogens (tertiary/aromatic N) is 6. The zero-order valence-electron chi connectivity index (χ0n) is 31.6. The van der Waals surface area contributed by atoms with E-state index in [1.54, 1.807) is 0 Å². The first-order valence-electron chi connectivity index (χ1n) is 16.5. The monoisotopic (exact) mass is 1190 g/mol. The van der Waals surface area contributed by atoms with E-state index in [9.17, 15) is 0 Å². The quantitative estimate of drug-likeness (QED) is 0.194. The fourth-order valence-corrected chi connectivity index (χ4v) is 9.55. The van der Waals surface area contributed by atoms with Crippen LogP contribution in [0.3, 0.4) is 0 Å². The molecule has 6 nitrogen and oxygen atoms in total. The fourth-order valence-electron chi connectivity index (χ4n) is 7.28. The lowest BCUT2D eigenvalue weighted by Crippen LogP contribution is -3.00. The molecule has 0 bridgehead atoms. The second-order valence-corrected chi connectivity index (χ2v) is 17.7. The van der Waals surface area contributed by atoms with E-state index < -0.39 is 0 Å². The Balaban J connectivity index is 0.000000270. The van der Waals surface area contributed by atoms with Crippen LogP contribution >= 0.6 is 90.4 Å². The van der Waals surface area contributed by atoms with Crippen LogP contribution in [0.1, 0.15) is 66.8 Å². The third-order valence-electron chi connectivity index (χ3n) is 8.83. The summed E-state index contributed by atoms with van der Waals surface area (Å²) >= 11 is 9.60. The molecule has 2 heterocycles. The van der Waals surface area contributed by atoms with E-state index >= 15 is 0 Å². The van der Waals surface area contributed by atoms with Gasteiger partial charge in [0.05, 0.1) is 0 Å². The van der Waals surface area contributed by atoms with Crippen LogP contribution in [-0.2, 0) is 0 Å². The van der Waals surface area contributed by atoms with Gasteiger partial charge in [-0.05, 0) is 128 Å². The van der Waals surface area contributed by atoms with Crippen molar-refractivity contribution in [2.45, 2.75) is 83.1 Å². The van der Waals surface area contributed by atoms with Gasteiger partial charge in [-0.3, -0.25) is 0 Å². The maximum absolute atomic E-state index is 4.97. The first-order valence-corrected chi connectivity index (χ1v) is 20.8. The van der Waals surface area contributed by atoms with Crippen LogP contribution in [0.2, 0.25) is 0 Å². The summed E-state index contributed by atoms with van der Waals surface area (Å²) < 4.78 is 12.8. The van der Waals surface area contributed by atoms with Crippen LogP contribution in [0.5, 0.6) is 0 Å². The summed E-state index contributed by atoms with van der Waals surface area (Å²) in [6.45, 7) is 25.8. The molecule has 0 saturated heterocycles. The number of hydrogen-bond acceptors (Lipinski definition) is 2. The number of halogens is 6. The summed E-state index contributed by atoms with van der Waals surface area (Å²) in [5, 5.41) is 9.94. The highest BCUT2D eigenvalue weighted by Crippen LogP contribution is 2.27. The average Bonchev–Trinajstić information content (AvgIpc) is 3.42. The summed E-state index contributed by atoms with van der Waals surface area (Å²) in [5.41, 5.74) is 19.8. The van der Waals surface area contributed by atoms with E-state index in [1.807, 2.05) is 0 Å². The molecule has 0 saturated carbocycles. The van der Waals surface area contributed by atoms with Gasteiger partial charge < -0.3 is 24.8 Å². The highest BCUT2D eigenvalue weighted by Gasteiger charge is 2.30.